The number of anilines is 1. The van der Waals surface area contributed by atoms with Crippen molar-refractivity contribution < 1.29 is 9.90 Å². The number of halogens is 1. The third kappa shape index (κ3) is 3.34. The number of nitrogens with zero attached hydrogens (tertiary/aromatic N) is 2. The summed E-state index contributed by atoms with van der Waals surface area (Å²) in [5, 5.41) is 18.7. The van der Waals surface area contributed by atoms with Gasteiger partial charge in [-0.15, -0.1) is 0 Å². The number of carboxylic acids is 1. The van der Waals surface area contributed by atoms with Crippen LogP contribution in [0.15, 0.2) is 18.2 Å². The van der Waals surface area contributed by atoms with Gasteiger partial charge in [-0.2, -0.15) is 17.0 Å². The van der Waals surface area contributed by atoms with Gasteiger partial charge in [0.1, 0.15) is 6.07 Å². The van der Waals surface area contributed by atoms with E-state index in [2.05, 4.69) is 6.07 Å². The highest BCUT2D eigenvalue weighted by Crippen LogP contribution is 2.30. The molecule has 1 fully saturated rings. The Morgan fingerprint density at radius 1 is 1.63 bits per heavy atom. The summed E-state index contributed by atoms with van der Waals surface area (Å²) < 4.78 is 0. The molecule has 1 aromatic rings. The smallest absolute Gasteiger partial charge is 0.305 e. The standard InChI is InChI=1S/C13H13ClN2O2S/c14-10-1-2-12(9(5-10)7-15)16-3-4-19-8-11(16)6-13(17)18/h1-2,5,11H,3-4,6,8H2,(H,17,18). The van der Waals surface area contributed by atoms with E-state index in [9.17, 15) is 10.1 Å². The van der Waals surface area contributed by atoms with E-state index in [1.807, 2.05) is 4.90 Å². The molecule has 0 aliphatic carbocycles. The molecule has 1 atom stereocenters. The second-order valence-electron chi connectivity index (χ2n) is 4.29. The van der Waals surface area contributed by atoms with Crippen LogP contribution >= 0.6 is 23.4 Å². The van der Waals surface area contributed by atoms with E-state index in [1.54, 1.807) is 30.0 Å². The highest BCUT2D eigenvalue weighted by Gasteiger charge is 2.26. The van der Waals surface area contributed by atoms with E-state index >= 15 is 0 Å². The Balaban J connectivity index is 2.32. The first-order valence-electron chi connectivity index (χ1n) is 5.87. The van der Waals surface area contributed by atoms with Crippen LogP contribution in [0.25, 0.3) is 0 Å². The molecule has 0 saturated carbocycles. The van der Waals surface area contributed by atoms with Crippen molar-refractivity contribution in [3.8, 4) is 6.07 Å². The highest BCUT2D eigenvalue weighted by atomic mass is 35.5. The average Bonchev–Trinajstić information content (AvgIpc) is 2.39. The minimum absolute atomic E-state index is 0.0791. The first-order valence-corrected chi connectivity index (χ1v) is 7.41. The fraction of sp³-hybridized carbons (Fsp3) is 0.385. The fourth-order valence-electron chi connectivity index (χ4n) is 2.19. The molecule has 6 heteroatoms. The van der Waals surface area contributed by atoms with Crippen molar-refractivity contribution in [2.45, 2.75) is 12.5 Å². The van der Waals surface area contributed by atoms with E-state index in [0.717, 1.165) is 23.7 Å². The van der Waals surface area contributed by atoms with E-state index in [4.69, 9.17) is 16.7 Å². The zero-order valence-corrected chi connectivity index (χ0v) is 11.7. The van der Waals surface area contributed by atoms with Crippen LogP contribution in [0.4, 0.5) is 5.69 Å². The molecular weight excluding hydrogens is 284 g/mol. The Kier molecular flexibility index (Phi) is 4.56. The van der Waals surface area contributed by atoms with Gasteiger partial charge in [0.05, 0.1) is 17.7 Å². The molecule has 0 radical (unpaired) electrons. The number of hydrogen-bond acceptors (Lipinski definition) is 4. The van der Waals surface area contributed by atoms with Gasteiger partial charge in [-0.25, -0.2) is 0 Å². The van der Waals surface area contributed by atoms with E-state index in [0.29, 0.717) is 10.6 Å². The van der Waals surface area contributed by atoms with Crippen LogP contribution in [0.3, 0.4) is 0 Å². The second kappa shape index (κ2) is 6.18. The fourth-order valence-corrected chi connectivity index (χ4v) is 3.43. The lowest BCUT2D eigenvalue weighted by Gasteiger charge is -2.37. The molecule has 2 rings (SSSR count). The lowest BCUT2D eigenvalue weighted by Crippen LogP contribution is -2.44. The molecule has 1 N–H and O–H groups in total. The lowest BCUT2D eigenvalue weighted by atomic mass is 10.1. The maximum atomic E-state index is 10.9. The van der Waals surface area contributed by atoms with Gasteiger partial charge in [0.15, 0.2) is 0 Å². The number of thioether (sulfide) groups is 1. The zero-order valence-electron chi connectivity index (χ0n) is 10.2. The third-order valence-corrected chi connectivity index (χ3v) is 4.35. The van der Waals surface area contributed by atoms with Crippen molar-refractivity contribution in [2.75, 3.05) is 23.0 Å². The summed E-state index contributed by atoms with van der Waals surface area (Å²) in [7, 11) is 0. The Morgan fingerprint density at radius 3 is 3.11 bits per heavy atom. The maximum Gasteiger partial charge on any atom is 0.305 e. The molecule has 1 aliphatic rings. The topological polar surface area (TPSA) is 64.3 Å². The highest BCUT2D eigenvalue weighted by molar-refractivity contribution is 7.99. The van der Waals surface area contributed by atoms with Crippen LogP contribution in [0.5, 0.6) is 0 Å². The van der Waals surface area contributed by atoms with E-state index in [-0.39, 0.29) is 12.5 Å². The van der Waals surface area contributed by atoms with Crippen molar-refractivity contribution in [3.63, 3.8) is 0 Å². The molecule has 0 aromatic heterocycles. The summed E-state index contributed by atoms with van der Waals surface area (Å²) in [4.78, 5) is 12.9. The third-order valence-electron chi connectivity index (χ3n) is 3.03. The van der Waals surface area contributed by atoms with Gasteiger partial charge in [0.2, 0.25) is 0 Å². The molecule has 4 nitrogen and oxygen atoms in total. The Morgan fingerprint density at radius 2 is 2.42 bits per heavy atom. The summed E-state index contributed by atoms with van der Waals surface area (Å²) >= 11 is 7.63. The molecular formula is C13H13ClN2O2S. The Hall–Kier alpha value is -1.38. The molecule has 1 aliphatic heterocycles. The van der Waals surface area contributed by atoms with Crippen molar-refractivity contribution in [2.24, 2.45) is 0 Å². The van der Waals surface area contributed by atoms with Crippen molar-refractivity contribution in [1.29, 1.82) is 5.26 Å². The van der Waals surface area contributed by atoms with Gasteiger partial charge >= 0.3 is 5.97 Å². The molecule has 0 spiro atoms. The second-order valence-corrected chi connectivity index (χ2v) is 5.88. The van der Waals surface area contributed by atoms with E-state index < -0.39 is 5.97 Å². The Bertz CT molecular complexity index is 530. The molecule has 0 amide bonds. The van der Waals surface area contributed by atoms with Gasteiger partial charge < -0.3 is 10.0 Å². The zero-order chi connectivity index (χ0) is 13.8. The minimum Gasteiger partial charge on any atom is -0.481 e. The summed E-state index contributed by atoms with van der Waals surface area (Å²) in [5.74, 6) is 0.883. The predicted molar refractivity (Wildman–Crippen MR) is 76.9 cm³/mol. The maximum absolute atomic E-state index is 10.9. The molecule has 1 saturated heterocycles. The van der Waals surface area contributed by atoms with Crippen LogP contribution in [-0.2, 0) is 4.79 Å². The number of rotatable bonds is 3. The van der Waals surface area contributed by atoms with Crippen LogP contribution in [0.2, 0.25) is 5.02 Å². The van der Waals surface area contributed by atoms with Gasteiger partial charge in [-0.3, -0.25) is 4.79 Å². The van der Waals surface area contributed by atoms with Gasteiger partial charge in [-0.1, -0.05) is 11.6 Å². The molecule has 0 bridgehead atoms. The molecule has 19 heavy (non-hydrogen) atoms. The minimum atomic E-state index is -0.815. The van der Waals surface area contributed by atoms with Crippen LogP contribution in [-0.4, -0.2) is 35.2 Å². The number of benzene rings is 1. The number of hydrogen-bond donors (Lipinski definition) is 1. The molecule has 1 unspecified atom stereocenters. The van der Waals surface area contributed by atoms with Crippen molar-refractivity contribution >= 4 is 35.0 Å². The summed E-state index contributed by atoms with van der Waals surface area (Å²) in [6.45, 7) is 0.749. The first kappa shape index (κ1) is 14.0. The van der Waals surface area contributed by atoms with Crippen LogP contribution in [0.1, 0.15) is 12.0 Å². The van der Waals surface area contributed by atoms with Crippen LogP contribution < -0.4 is 4.90 Å². The normalized spacial score (nSPS) is 18.9. The van der Waals surface area contributed by atoms with Crippen molar-refractivity contribution in [1.82, 2.24) is 0 Å². The summed E-state index contributed by atoms with van der Waals surface area (Å²) in [5.41, 5.74) is 1.27. The van der Waals surface area contributed by atoms with Crippen LogP contribution in [0, 0.1) is 11.3 Å². The summed E-state index contributed by atoms with van der Waals surface area (Å²) in [6, 6.07) is 7.20. The molecule has 100 valence electrons. The molecule has 1 heterocycles. The molecule has 1 aromatic carbocycles. The SMILES string of the molecule is N#Cc1cc(Cl)ccc1N1CCSCC1CC(=O)O. The van der Waals surface area contributed by atoms with Gasteiger partial charge in [-0.05, 0) is 18.2 Å². The Labute approximate surface area is 121 Å². The lowest BCUT2D eigenvalue weighted by molar-refractivity contribution is -0.137. The average molecular weight is 297 g/mol. The number of carbonyl (C=O) groups is 1. The summed E-state index contributed by atoms with van der Waals surface area (Å²) in [6.07, 6.45) is 0.0838. The van der Waals surface area contributed by atoms with Gasteiger partial charge in [0.25, 0.3) is 0 Å². The predicted octanol–water partition coefficient (Wildman–Crippen LogP) is 2.61. The number of carboxylic acid groups (broad SMARTS) is 1. The number of aliphatic carboxylic acids is 1. The van der Waals surface area contributed by atoms with E-state index in [1.165, 1.54) is 0 Å². The van der Waals surface area contributed by atoms with Crippen molar-refractivity contribution in [3.05, 3.63) is 28.8 Å². The quantitative estimate of drug-likeness (QED) is 0.929. The first-order chi connectivity index (χ1) is 9.11. The largest absolute Gasteiger partial charge is 0.481 e. The van der Waals surface area contributed by atoms with Gasteiger partial charge in [0, 0.05) is 29.1 Å². The number of nitriles is 1. The monoisotopic (exact) mass is 296 g/mol.